The van der Waals surface area contributed by atoms with Crippen LogP contribution in [0.4, 0.5) is 5.82 Å². The van der Waals surface area contributed by atoms with Gasteiger partial charge in [-0.25, -0.2) is 28.4 Å². The minimum Gasteiger partial charge on any atom is -0.481 e. The molecule has 2 aliphatic rings. The summed E-state index contributed by atoms with van der Waals surface area (Å²) in [6.07, 6.45) is -10.3. The highest BCUT2D eigenvalue weighted by Crippen LogP contribution is 2.63. The molecule has 0 aromatic carbocycles. The van der Waals surface area contributed by atoms with Gasteiger partial charge in [0, 0.05) is 12.1 Å². The molecule has 5 rings (SSSR count). The van der Waals surface area contributed by atoms with E-state index >= 15 is 0 Å². The molecule has 27 heteroatoms. The Balaban J connectivity index is 1.30. The van der Waals surface area contributed by atoms with Gasteiger partial charge in [0.15, 0.2) is 42.0 Å². The zero-order chi connectivity index (χ0) is 38.3. The number of rotatable bonds is 15. The number of hydrogen-bond donors (Lipinski definition) is 10. The number of nitrogens with two attached hydrogens (primary N) is 1. The summed E-state index contributed by atoms with van der Waals surface area (Å²) >= 11 is 0. The summed E-state index contributed by atoms with van der Waals surface area (Å²) in [7, 11) is -16.8. The predicted molar refractivity (Wildman–Crippen MR) is 167 cm³/mol. The fourth-order valence-corrected chi connectivity index (χ4v) is 9.04. The van der Waals surface area contributed by atoms with E-state index in [9.17, 15) is 63.6 Å². The topological polar surface area (TPSA) is 370 Å². The van der Waals surface area contributed by atoms with Crippen molar-refractivity contribution in [2.75, 3.05) is 12.3 Å². The quantitative estimate of drug-likeness (QED) is 0.0573. The molecule has 2 fully saturated rings. The minimum atomic E-state index is -5.78. The average Bonchev–Trinajstić information content (AvgIpc) is 3.71. The first kappa shape index (κ1) is 40.3. The SMILES string of the molecule is CCC([C]([C@H]1O[C@@H](C(O)P(=O)(O)OP(=O)(O)OC[C@H]2O[C@@H](n3cnc4c(N)ncnc43)[C@H](OP(=O)(O)O)[C@@H]2O)[C@@H](O)[C@H]1O)[n+]1ccccc1)C(=O)O. The number of carboxylic acid groups (broad SMARTS) is 1. The predicted octanol–water partition coefficient (Wildman–Crippen LogP) is -2.25. The summed E-state index contributed by atoms with van der Waals surface area (Å²) in [6.45, 7) is 0.363. The van der Waals surface area contributed by atoms with Crippen LogP contribution in [-0.2, 0) is 41.3 Å². The second kappa shape index (κ2) is 15.5. The second-order valence-electron chi connectivity index (χ2n) is 11.5. The van der Waals surface area contributed by atoms with E-state index in [0.717, 1.165) is 17.2 Å². The number of aliphatic hydroxyl groups is 4. The molecule has 12 atom stereocenters. The van der Waals surface area contributed by atoms with Gasteiger partial charge in [0.05, 0.1) is 12.9 Å². The van der Waals surface area contributed by atoms with E-state index in [1.165, 1.54) is 36.0 Å². The molecule has 52 heavy (non-hydrogen) atoms. The number of hydrogen-bond acceptors (Lipinski definition) is 17. The molecule has 2 saturated heterocycles. The largest absolute Gasteiger partial charge is 0.481 e. The van der Waals surface area contributed by atoms with Gasteiger partial charge in [0.1, 0.15) is 54.4 Å². The maximum Gasteiger partial charge on any atom is 0.479 e. The first-order valence-electron chi connectivity index (χ1n) is 15.0. The van der Waals surface area contributed by atoms with Crippen LogP contribution in [0.5, 0.6) is 0 Å². The first-order valence-corrected chi connectivity index (χ1v) is 19.7. The van der Waals surface area contributed by atoms with E-state index in [2.05, 4.69) is 19.3 Å². The molecule has 0 amide bonds. The number of carboxylic acids is 1. The Morgan fingerprint density at radius 3 is 2.31 bits per heavy atom. The number of nitrogen functional groups attached to an aromatic ring is 1. The normalized spacial score (nSPS) is 30.3. The number of phosphoric acid groups is 2. The number of pyridine rings is 1. The van der Waals surface area contributed by atoms with Gasteiger partial charge >= 0.3 is 29.2 Å². The van der Waals surface area contributed by atoms with Gasteiger partial charge in [0.25, 0.3) is 6.04 Å². The summed E-state index contributed by atoms with van der Waals surface area (Å²) in [5.74, 6) is -5.56. The molecule has 3 aromatic rings. The van der Waals surface area contributed by atoms with E-state index in [4.69, 9.17) is 24.3 Å². The highest BCUT2D eigenvalue weighted by molar-refractivity contribution is 7.64. The summed E-state index contributed by atoms with van der Waals surface area (Å²) in [4.78, 5) is 63.6. The van der Waals surface area contributed by atoms with E-state index in [1.54, 1.807) is 6.07 Å². The lowest BCUT2D eigenvalue weighted by Gasteiger charge is -2.26. The number of aliphatic hydroxyl groups excluding tert-OH is 4. The van der Waals surface area contributed by atoms with Crippen molar-refractivity contribution in [3.05, 3.63) is 49.3 Å². The van der Waals surface area contributed by atoms with Crippen molar-refractivity contribution in [1.82, 2.24) is 19.5 Å². The lowest BCUT2D eigenvalue weighted by atomic mass is 9.89. The molecule has 0 aliphatic carbocycles. The summed E-state index contributed by atoms with van der Waals surface area (Å²) in [5, 5.41) is 53.0. The Kier molecular flexibility index (Phi) is 12.0. The van der Waals surface area contributed by atoms with Crippen molar-refractivity contribution in [2.45, 2.75) is 68.1 Å². The highest BCUT2D eigenvalue weighted by Gasteiger charge is 2.60. The Labute approximate surface area is 292 Å². The van der Waals surface area contributed by atoms with E-state index in [1.807, 2.05) is 0 Å². The number of ether oxygens (including phenoxy) is 2. The van der Waals surface area contributed by atoms with Crippen molar-refractivity contribution in [3.8, 4) is 0 Å². The Morgan fingerprint density at radius 1 is 1.02 bits per heavy atom. The minimum absolute atomic E-state index is 0.0245. The van der Waals surface area contributed by atoms with Gasteiger partial charge in [-0.1, -0.05) is 13.0 Å². The molecule has 287 valence electrons. The van der Waals surface area contributed by atoms with Crippen molar-refractivity contribution in [1.29, 1.82) is 0 Å². The molecule has 0 spiro atoms. The number of aromatic nitrogens is 5. The van der Waals surface area contributed by atoms with E-state index in [-0.39, 0.29) is 29.4 Å². The van der Waals surface area contributed by atoms with Crippen LogP contribution in [0.2, 0.25) is 0 Å². The number of nitrogens with zero attached hydrogens (tertiary/aromatic N) is 5. The van der Waals surface area contributed by atoms with E-state index < -0.39 is 96.5 Å². The second-order valence-corrected chi connectivity index (χ2v) is 16.2. The lowest BCUT2D eigenvalue weighted by Crippen LogP contribution is -2.55. The molecular formula is C25H35N6O18P3+. The zero-order valence-electron chi connectivity index (χ0n) is 26.6. The van der Waals surface area contributed by atoms with Crippen LogP contribution in [0.3, 0.4) is 0 Å². The maximum absolute atomic E-state index is 13.1. The Morgan fingerprint density at radius 2 is 1.69 bits per heavy atom. The van der Waals surface area contributed by atoms with Crippen molar-refractivity contribution in [2.24, 2.45) is 5.92 Å². The summed E-state index contributed by atoms with van der Waals surface area (Å²) in [5.41, 5.74) is 5.78. The number of imidazole rings is 1. The fourth-order valence-electron chi connectivity index (χ4n) is 5.78. The van der Waals surface area contributed by atoms with Crippen LogP contribution in [0.25, 0.3) is 11.2 Å². The molecule has 3 aromatic heterocycles. The lowest BCUT2D eigenvalue weighted by molar-refractivity contribution is -0.670. The van der Waals surface area contributed by atoms with Crippen molar-refractivity contribution < 1.29 is 91.0 Å². The monoisotopic (exact) mass is 800 g/mol. The molecule has 4 unspecified atom stereocenters. The molecule has 2 aliphatic heterocycles. The molecule has 0 saturated carbocycles. The smallest absolute Gasteiger partial charge is 0.479 e. The van der Waals surface area contributed by atoms with Crippen LogP contribution in [0, 0.1) is 12.0 Å². The van der Waals surface area contributed by atoms with Crippen LogP contribution < -0.4 is 10.3 Å². The Hall–Kier alpha value is -2.86. The van der Waals surface area contributed by atoms with Crippen LogP contribution >= 0.6 is 23.2 Å². The number of fused-ring (bicyclic) bond motifs is 1. The van der Waals surface area contributed by atoms with Gasteiger partial charge in [-0.3, -0.25) is 23.0 Å². The van der Waals surface area contributed by atoms with Gasteiger partial charge in [-0.2, -0.15) is 4.57 Å². The molecule has 5 heterocycles. The van der Waals surface area contributed by atoms with Crippen LogP contribution in [0.15, 0.2) is 43.2 Å². The fraction of sp³-hybridized carbons (Fsp3) is 0.520. The molecule has 11 N–H and O–H groups in total. The van der Waals surface area contributed by atoms with Gasteiger partial charge in [-0.15, -0.1) is 0 Å². The summed E-state index contributed by atoms with van der Waals surface area (Å²) < 4.78 is 65.0. The number of phosphoric ester groups is 2. The van der Waals surface area contributed by atoms with Crippen LogP contribution in [-0.4, -0.2) is 126 Å². The number of aliphatic carboxylic acids is 1. The third-order valence-corrected chi connectivity index (χ3v) is 11.9. The Bertz CT molecular complexity index is 1890. The third-order valence-electron chi connectivity index (χ3n) is 8.15. The standard InChI is InChI=1S/C25H35N6O18P3/c1-2-11(24(35)36)14(30-6-4-3-5-7-30)18-16(33)17(34)20(47-18)25(37)50(38,39)49-52(43,44)45-8-12-15(32)19(48-51(40,41)42)23(46-12)31-10-29-13-21(26)27-9-28-22(13)31/h3-7,9-12,15-20,23,25,32-34,37H,2,8H2,1H3,(H,35,36)(H,38,39)(H,43,44)(H2,26,27,28)(H2,40,41,42)/q+1/t11?,12-,15-,16-,17+,18-,19-,20-,23-,25?/m1/s1. The molecule has 24 nitrogen and oxygen atoms in total. The average molecular weight is 801 g/mol. The third kappa shape index (κ3) is 8.43. The zero-order valence-corrected chi connectivity index (χ0v) is 29.3. The van der Waals surface area contributed by atoms with Crippen molar-refractivity contribution in [3.63, 3.8) is 0 Å². The van der Waals surface area contributed by atoms with Crippen LogP contribution in [0.1, 0.15) is 19.6 Å². The number of anilines is 1. The van der Waals surface area contributed by atoms with E-state index in [0.29, 0.717) is 0 Å². The van der Waals surface area contributed by atoms with Gasteiger partial charge in [0.2, 0.25) is 0 Å². The van der Waals surface area contributed by atoms with Gasteiger partial charge < -0.3 is 60.3 Å². The molecule has 0 bridgehead atoms. The van der Waals surface area contributed by atoms with Crippen molar-refractivity contribution >= 4 is 46.2 Å². The summed E-state index contributed by atoms with van der Waals surface area (Å²) in [6, 6.07) is 4.55. The molecule has 1 radical (unpaired) electrons. The highest BCUT2D eigenvalue weighted by atomic mass is 31.3. The van der Waals surface area contributed by atoms with Gasteiger partial charge in [-0.05, 0) is 6.42 Å². The molecular weight excluding hydrogens is 765 g/mol. The number of carbonyl (C=O) groups is 1. The maximum atomic E-state index is 13.1. The first-order chi connectivity index (χ1) is 24.3.